The molecule has 0 saturated carbocycles. The molecule has 0 saturated heterocycles. The maximum absolute atomic E-state index is 12.9. The first-order chi connectivity index (χ1) is 16.6. The number of carbonyl (C=O) groups excluding carboxylic acids is 1. The number of methoxy groups -OCH3 is 1. The van der Waals surface area contributed by atoms with Crippen molar-refractivity contribution in [3.8, 4) is 17.6 Å². The zero-order valence-corrected chi connectivity index (χ0v) is 20.0. The molecule has 0 unspecified atom stereocenters. The monoisotopic (exact) mass is 512 g/mol. The van der Waals surface area contributed by atoms with Gasteiger partial charge in [0.05, 0.1) is 7.11 Å². The fourth-order valence-corrected chi connectivity index (χ4v) is 3.80. The minimum atomic E-state index is -0.470. The number of fused-ring (bicyclic) bond motifs is 1. The van der Waals surface area contributed by atoms with Gasteiger partial charge in [-0.05, 0) is 59.5 Å². The predicted molar refractivity (Wildman–Crippen MR) is 138 cm³/mol. The van der Waals surface area contributed by atoms with Crippen molar-refractivity contribution < 1.29 is 14.3 Å². The first-order valence-corrected chi connectivity index (χ1v) is 11.3. The molecule has 0 heterocycles. The number of rotatable bonds is 7. The molecule has 0 radical (unpaired) electrons. The van der Waals surface area contributed by atoms with Crippen LogP contribution in [0.25, 0.3) is 16.8 Å². The van der Waals surface area contributed by atoms with Crippen LogP contribution in [0.2, 0.25) is 0 Å². The summed E-state index contributed by atoms with van der Waals surface area (Å²) in [4.78, 5) is 12.9. The highest BCUT2D eigenvalue weighted by atomic mass is 79.9. The predicted octanol–water partition coefficient (Wildman–Crippen LogP) is 6.74. The Labute approximate surface area is 206 Å². The van der Waals surface area contributed by atoms with Crippen molar-refractivity contribution in [1.82, 2.24) is 0 Å². The van der Waals surface area contributed by atoms with Gasteiger partial charge in [-0.25, -0.2) is 0 Å². The number of anilines is 1. The zero-order chi connectivity index (χ0) is 23.9. The van der Waals surface area contributed by atoms with Gasteiger partial charge < -0.3 is 14.8 Å². The molecule has 0 aliphatic heterocycles. The number of nitriles is 1. The zero-order valence-electron chi connectivity index (χ0n) is 18.4. The Morgan fingerprint density at radius 3 is 2.56 bits per heavy atom. The van der Waals surface area contributed by atoms with Crippen LogP contribution in [0.15, 0.2) is 95.0 Å². The van der Waals surface area contributed by atoms with E-state index in [4.69, 9.17) is 9.47 Å². The Morgan fingerprint density at radius 1 is 1.03 bits per heavy atom. The van der Waals surface area contributed by atoms with Crippen molar-refractivity contribution >= 4 is 44.4 Å². The van der Waals surface area contributed by atoms with Gasteiger partial charge in [0.2, 0.25) is 0 Å². The quantitative estimate of drug-likeness (QED) is 0.220. The van der Waals surface area contributed by atoms with E-state index in [1.807, 2.05) is 78.9 Å². The Morgan fingerprint density at radius 2 is 1.79 bits per heavy atom. The highest BCUT2D eigenvalue weighted by Crippen LogP contribution is 2.26. The van der Waals surface area contributed by atoms with Gasteiger partial charge in [0, 0.05) is 21.1 Å². The fraction of sp³-hybridized carbons (Fsp3) is 0.0714. The lowest BCUT2D eigenvalue weighted by molar-refractivity contribution is -0.112. The molecule has 168 valence electrons. The standard InChI is InChI=1S/C28H21BrN2O3/c1-33-27-14-9-19(16-22(27)18-34-24-12-10-23(29)11-13-24)15-21(17-30)28(32)31-26-8-4-6-20-5-2-3-7-25(20)26/h2-16H,18H2,1H3,(H,31,32)/b21-15+. The van der Waals surface area contributed by atoms with Gasteiger partial charge in [0.25, 0.3) is 5.91 Å². The molecule has 1 amide bonds. The third kappa shape index (κ3) is 5.45. The molecule has 4 aromatic carbocycles. The van der Waals surface area contributed by atoms with Crippen molar-refractivity contribution in [2.24, 2.45) is 0 Å². The molecule has 0 aliphatic carbocycles. The maximum atomic E-state index is 12.9. The molecular weight excluding hydrogens is 492 g/mol. The minimum Gasteiger partial charge on any atom is -0.496 e. The SMILES string of the molecule is COc1ccc(/C=C(\C#N)C(=O)Nc2cccc3ccccc23)cc1COc1ccc(Br)cc1. The molecule has 0 atom stereocenters. The average molecular weight is 513 g/mol. The van der Waals surface area contributed by atoms with Gasteiger partial charge in [-0.15, -0.1) is 0 Å². The van der Waals surface area contributed by atoms with Crippen LogP contribution in [0.5, 0.6) is 11.5 Å². The number of ether oxygens (including phenoxy) is 2. The number of benzene rings is 4. The Hall–Kier alpha value is -4.08. The van der Waals surface area contributed by atoms with E-state index in [1.54, 1.807) is 25.3 Å². The van der Waals surface area contributed by atoms with Crippen LogP contribution in [-0.2, 0) is 11.4 Å². The Kier molecular flexibility index (Phi) is 7.26. The van der Waals surface area contributed by atoms with Crippen LogP contribution in [-0.4, -0.2) is 13.0 Å². The van der Waals surface area contributed by atoms with E-state index >= 15 is 0 Å². The lowest BCUT2D eigenvalue weighted by atomic mass is 10.1. The molecule has 0 bridgehead atoms. The van der Waals surface area contributed by atoms with Crippen LogP contribution >= 0.6 is 15.9 Å². The second kappa shape index (κ2) is 10.7. The molecule has 4 rings (SSSR count). The van der Waals surface area contributed by atoms with Crippen LogP contribution in [0.1, 0.15) is 11.1 Å². The van der Waals surface area contributed by atoms with Crippen LogP contribution in [0, 0.1) is 11.3 Å². The van der Waals surface area contributed by atoms with Crippen molar-refractivity contribution in [3.63, 3.8) is 0 Å². The minimum absolute atomic E-state index is 0.00196. The second-order valence-electron chi connectivity index (χ2n) is 7.46. The van der Waals surface area contributed by atoms with Gasteiger partial charge in [-0.1, -0.05) is 58.4 Å². The lowest BCUT2D eigenvalue weighted by Crippen LogP contribution is -2.13. The van der Waals surface area contributed by atoms with Crippen LogP contribution < -0.4 is 14.8 Å². The molecular formula is C28H21BrN2O3. The van der Waals surface area contributed by atoms with Crippen LogP contribution in [0.3, 0.4) is 0 Å². The summed E-state index contributed by atoms with van der Waals surface area (Å²) >= 11 is 3.41. The molecule has 0 fully saturated rings. The number of nitrogens with zero attached hydrogens (tertiary/aromatic N) is 1. The van der Waals surface area contributed by atoms with E-state index in [9.17, 15) is 10.1 Å². The van der Waals surface area contributed by atoms with Crippen molar-refractivity contribution in [2.75, 3.05) is 12.4 Å². The number of amides is 1. The summed E-state index contributed by atoms with van der Waals surface area (Å²) in [5, 5.41) is 14.4. The molecule has 6 heteroatoms. The van der Waals surface area contributed by atoms with Crippen LogP contribution in [0.4, 0.5) is 5.69 Å². The topological polar surface area (TPSA) is 71.3 Å². The van der Waals surface area contributed by atoms with Gasteiger partial charge in [-0.2, -0.15) is 5.26 Å². The van der Waals surface area contributed by atoms with Crippen molar-refractivity contribution in [1.29, 1.82) is 5.26 Å². The number of hydrogen-bond donors (Lipinski definition) is 1. The van der Waals surface area contributed by atoms with E-state index in [1.165, 1.54) is 0 Å². The highest BCUT2D eigenvalue weighted by Gasteiger charge is 2.12. The Balaban J connectivity index is 1.56. The van der Waals surface area contributed by atoms with E-state index in [-0.39, 0.29) is 12.2 Å². The van der Waals surface area contributed by atoms with Gasteiger partial charge in [0.1, 0.15) is 29.7 Å². The van der Waals surface area contributed by atoms with Gasteiger partial charge in [0.15, 0.2) is 0 Å². The molecule has 5 nitrogen and oxygen atoms in total. The number of nitrogens with one attached hydrogen (secondary N) is 1. The maximum Gasteiger partial charge on any atom is 0.266 e. The van der Waals surface area contributed by atoms with E-state index in [0.29, 0.717) is 17.0 Å². The summed E-state index contributed by atoms with van der Waals surface area (Å²) in [6.45, 7) is 0.274. The molecule has 0 spiro atoms. The summed E-state index contributed by atoms with van der Waals surface area (Å²) in [6.07, 6.45) is 1.56. The molecule has 1 N–H and O–H groups in total. The lowest BCUT2D eigenvalue weighted by Gasteiger charge is -2.12. The van der Waals surface area contributed by atoms with E-state index < -0.39 is 5.91 Å². The summed E-state index contributed by atoms with van der Waals surface area (Å²) in [6, 6.07) is 28.4. The second-order valence-corrected chi connectivity index (χ2v) is 8.38. The number of carbonyl (C=O) groups is 1. The first-order valence-electron chi connectivity index (χ1n) is 10.5. The van der Waals surface area contributed by atoms with Crippen molar-refractivity contribution in [3.05, 3.63) is 106 Å². The Bertz CT molecular complexity index is 1400. The van der Waals surface area contributed by atoms with Gasteiger partial charge >= 0.3 is 0 Å². The fourth-order valence-electron chi connectivity index (χ4n) is 3.53. The van der Waals surface area contributed by atoms with E-state index in [0.717, 1.165) is 26.6 Å². The summed E-state index contributed by atoms with van der Waals surface area (Å²) in [7, 11) is 1.59. The molecule has 0 aromatic heterocycles. The third-order valence-electron chi connectivity index (χ3n) is 5.23. The summed E-state index contributed by atoms with van der Waals surface area (Å²) in [5.41, 5.74) is 2.14. The van der Waals surface area contributed by atoms with E-state index in [2.05, 4.69) is 21.2 Å². The molecule has 0 aliphatic rings. The number of halogens is 1. The average Bonchev–Trinajstić information content (AvgIpc) is 2.87. The van der Waals surface area contributed by atoms with Gasteiger partial charge in [-0.3, -0.25) is 4.79 Å². The molecule has 34 heavy (non-hydrogen) atoms. The third-order valence-corrected chi connectivity index (χ3v) is 5.76. The summed E-state index contributed by atoms with van der Waals surface area (Å²) < 4.78 is 12.3. The van der Waals surface area contributed by atoms with Crippen molar-refractivity contribution in [2.45, 2.75) is 6.61 Å². The largest absolute Gasteiger partial charge is 0.496 e. The number of hydrogen-bond acceptors (Lipinski definition) is 4. The highest BCUT2D eigenvalue weighted by molar-refractivity contribution is 9.10. The molecule has 4 aromatic rings. The normalized spacial score (nSPS) is 11.0. The first kappa shape index (κ1) is 23.1. The smallest absolute Gasteiger partial charge is 0.266 e. The summed E-state index contributed by atoms with van der Waals surface area (Å²) in [5.74, 6) is 0.911.